The van der Waals surface area contributed by atoms with Crippen LogP contribution in [0.15, 0.2) is 29.3 Å². The molecule has 1 rings (SSSR count). The molecule has 162 valence electrons. The molecule has 6 nitrogen and oxygen atoms in total. The molecule has 0 unspecified atom stereocenters. The van der Waals surface area contributed by atoms with Gasteiger partial charge in [-0.25, -0.2) is 4.99 Å². The van der Waals surface area contributed by atoms with Crippen LogP contribution in [0.25, 0.3) is 0 Å². The van der Waals surface area contributed by atoms with Crippen LogP contribution in [-0.4, -0.2) is 64.4 Å². The van der Waals surface area contributed by atoms with Crippen molar-refractivity contribution in [2.45, 2.75) is 33.7 Å². The second-order valence-electron chi connectivity index (χ2n) is 7.24. The molecule has 0 spiro atoms. The van der Waals surface area contributed by atoms with Gasteiger partial charge in [0.25, 0.3) is 0 Å². The number of nitrogens with zero attached hydrogens (tertiary/aromatic N) is 2. The fraction of sp³-hybridized carbons (Fsp3) is 0.667. The molecule has 0 aliphatic rings. The van der Waals surface area contributed by atoms with Crippen molar-refractivity contribution in [2.75, 3.05) is 53.6 Å². The van der Waals surface area contributed by atoms with E-state index in [1.165, 1.54) is 0 Å². The zero-order valence-corrected chi connectivity index (χ0v) is 20.5. The molecule has 0 radical (unpaired) electrons. The molecular weight excluding hydrogens is 467 g/mol. The van der Waals surface area contributed by atoms with Crippen LogP contribution in [-0.2, 0) is 11.3 Å². The molecule has 1 aromatic carbocycles. The number of ether oxygens (including phenoxy) is 2. The van der Waals surface area contributed by atoms with Gasteiger partial charge in [-0.15, -0.1) is 24.0 Å². The van der Waals surface area contributed by atoms with Crippen LogP contribution in [0.2, 0.25) is 0 Å². The van der Waals surface area contributed by atoms with Crippen LogP contribution >= 0.6 is 24.0 Å². The van der Waals surface area contributed by atoms with Crippen molar-refractivity contribution < 1.29 is 9.47 Å². The number of guanidine groups is 1. The van der Waals surface area contributed by atoms with Gasteiger partial charge >= 0.3 is 0 Å². The first-order chi connectivity index (χ1) is 13.0. The average Bonchev–Trinajstić information content (AvgIpc) is 2.62. The second kappa shape index (κ2) is 16.9. The molecule has 0 heterocycles. The molecular formula is C21H39IN4O2. The lowest BCUT2D eigenvalue weighted by atomic mass is 10.2. The normalized spacial score (nSPS) is 11.5. The summed E-state index contributed by atoms with van der Waals surface area (Å²) in [6, 6.07) is 8.14. The van der Waals surface area contributed by atoms with Gasteiger partial charge in [0.15, 0.2) is 5.96 Å². The van der Waals surface area contributed by atoms with E-state index in [1.807, 2.05) is 26.2 Å². The fourth-order valence-electron chi connectivity index (χ4n) is 2.29. The van der Waals surface area contributed by atoms with Gasteiger partial charge in [0.1, 0.15) is 12.4 Å². The Bertz CT molecular complexity index is 539. The van der Waals surface area contributed by atoms with Crippen LogP contribution < -0.4 is 15.4 Å². The highest BCUT2D eigenvalue weighted by atomic mass is 127. The highest BCUT2D eigenvalue weighted by molar-refractivity contribution is 14.0. The maximum absolute atomic E-state index is 5.80. The largest absolute Gasteiger partial charge is 0.492 e. The van der Waals surface area contributed by atoms with Crippen molar-refractivity contribution in [3.05, 3.63) is 29.8 Å². The maximum Gasteiger partial charge on any atom is 0.191 e. The molecule has 0 aliphatic heterocycles. The van der Waals surface area contributed by atoms with Crippen molar-refractivity contribution in [3.63, 3.8) is 0 Å². The first kappa shape index (κ1) is 26.9. The molecule has 0 atom stereocenters. The molecule has 0 saturated heterocycles. The van der Waals surface area contributed by atoms with Crippen LogP contribution in [0.5, 0.6) is 5.75 Å². The summed E-state index contributed by atoms with van der Waals surface area (Å²) in [4.78, 5) is 6.78. The van der Waals surface area contributed by atoms with Gasteiger partial charge in [0.05, 0.1) is 6.54 Å². The number of hydrogen-bond acceptors (Lipinski definition) is 4. The van der Waals surface area contributed by atoms with Crippen molar-refractivity contribution >= 4 is 29.9 Å². The summed E-state index contributed by atoms with van der Waals surface area (Å²) in [6.07, 6.45) is 0.965. The standard InChI is InChI=1S/C21H38N4O2.HI/c1-6-22-21(23-11-8-13-26-17-18(2)3)24-16-19-9-7-10-20(15-19)27-14-12-25(4)5;/h7,9-10,15,18H,6,8,11-14,16-17H2,1-5H3,(H2,22,23,24);1H. The van der Waals surface area contributed by atoms with E-state index in [4.69, 9.17) is 9.47 Å². The lowest BCUT2D eigenvalue weighted by Gasteiger charge is -2.13. The topological polar surface area (TPSA) is 58.1 Å². The van der Waals surface area contributed by atoms with Crippen molar-refractivity contribution in [3.8, 4) is 5.75 Å². The third-order valence-corrected chi connectivity index (χ3v) is 3.68. The van der Waals surface area contributed by atoms with E-state index >= 15 is 0 Å². The van der Waals surface area contributed by atoms with Gasteiger partial charge in [-0.1, -0.05) is 26.0 Å². The Kier molecular flexibility index (Phi) is 16.2. The molecule has 7 heteroatoms. The third-order valence-electron chi connectivity index (χ3n) is 3.68. The zero-order valence-electron chi connectivity index (χ0n) is 18.2. The summed E-state index contributed by atoms with van der Waals surface area (Å²) in [5.74, 6) is 2.31. The van der Waals surface area contributed by atoms with E-state index in [0.29, 0.717) is 19.1 Å². The summed E-state index contributed by atoms with van der Waals surface area (Å²) in [7, 11) is 4.08. The van der Waals surface area contributed by atoms with E-state index in [9.17, 15) is 0 Å². The van der Waals surface area contributed by atoms with E-state index < -0.39 is 0 Å². The number of rotatable bonds is 13. The second-order valence-corrected chi connectivity index (χ2v) is 7.24. The predicted molar refractivity (Wildman–Crippen MR) is 129 cm³/mol. The van der Waals surface area contributed by atoms with E-state index in [0.717, 1.165) is 56.5 Å². The molecule has 28 heavy (non-hydrogen) atoms. The lowest BCUT2D eigenvalue weighted by molar-refractivity contribution is 0.108. The monoisotopic (exact) mass is 506 g/mol. The molecule has 0 fully saturated rings. The van der Waals surface area contributed by atoms with Gasteiger partial charge in [0.2, 0.25) is 0 Å². The highest BCUT2D eigenvalue weighted by Crippen LogP contribution is 2.14. The van der Waals surface area contributed by atoms with Gasteiger partial charge in [-0.3, -0.25) is 0 Å². The van der Waals surface area contributed by atoms with Crippen molar-refractivity contribution in [1.29, 1.82) is 0 Å². The molecule has 1 aromatic rings. The van der Waals surface area contributed by atoms with Crippen LogP contribution in [0.4, 0.5) is 0 Å². The first-order valence-corrected chi connectivity index (χ1v) is 9.97. The minimum absolute atomic E-state index is 0. The lowest BCUT2D eigenvalue weighted by Crippen LogP contribution is -2.38. The summed E-state index contributed by atoms with van der Waals surface area (Å²) in [5.41, 5.74) is 1.13. The van der Waals surface area contributed by atoms with E-state index in [2.05, 4.69) is 53.4 Å². The fourth-order valence-corrected chi connectivity index (χ4v) is 2.29. The maximum atomic E-state index is 5.80. The Hall–Kier alpha value is -1.06. The number of hydrogen-bond donors (Lipinski definition) is 2. The minimum atomic E-state index is 0. The Morgan fingerprint density at radius 1 is 1.18 bits per heavy atom. The van der Waals surface area contributed by atoms with Gasteiger partial charge in [0, 0.05) is 32.8 Å². The number of halogens is 1. The summed E-state index contributed by atoms with van der Waals surface area (Å²) in [6.45, 7) is 11.9. The summed E-state index contributed by atoms with van der Waals surface area (Å²) < 4.78 is 11.4. The number of nitrogens with one attached hydrogen (secondary N) is 2. The highest BCUT2D eigenvalue weighted by Gasteiger charge is 2.01. The van der Waals surface area contributed by atoms with Crippen LogP contribution in [0, 0.1) is 5.92 Å². The molecule has 2 N–H and O–H groups in total. The van der Waals surface area contributed by atoms with Gasteiger partial charge in [-0.05, 0) is 51.1 Å². The predicted octanol–water partition coefficient (Wildman–Crippen LogP) is 3.36. The van der Waals surface area contributed by atoms with Crippen LogP contribution in [0.3, 0.4) is 0 Å². The zero-order chi connectivity index (χ0) is 19.9. The Morgan fingerprint density at radius 2 is 1.96 bits per heavy atom. The summed E-state index contributed by atoms with van der Waals surface area (Å²) >= 11 is 0. The van der Waals surface area contributed by atoms with Crippen molar-refractivity contribution in [2.24, 2.45) is 10.9 Å². The minimum Gasteiger partial charge on any atom is -0.492 e. The Labute approximate surface area is 188 Å². The molecule has 0 saturated carbocycles. The SMILES string of the molecule is CCNC(=NCc1cccc(OCCN(C)C)c1)NCCCOCC(C)C.I. The van der Waals surface area contributed by atoms with E-state index in [1.54, 1.807) is 0 Å². The molecule has 0 aromatic heterocycles. The smallest absolute Gasteiger partial charge is 0.191 e. The Morgan fingerprint density at radius 3 is 2.64 bits per heavy atom. The Balaban J connectivity index is 0.00000729. The van der Waals surface area contributed by atoms with Crippen molar-refractivity contribution in [1.82, 2.24) is 15.5 Å². The number of benzene rings is 1. The van der Waals surface area contributed by atoms with E-state index in [-0.39, 0.29) is 24.0 Å². The van der Waals surface area contributed by atoms with Gasteiger partial charge in [-0.2, -0.15) is 0 Å². The van der Waals surface area contributed by atoms with Gasteiger partial charge < -0.3 is 25.0 Å². The average molecular weight is 506 g/mol. The number of likely N-dealkylation sites (N-methyl/N-ethyl adjacent to an activating group) is 1. The number of aliphatic imine (C=N–C) groups is 1. The quantitative estimate of drug-likeness (QED) is 0.186. The molecule has 0 amide bonds. The third kappa shape index (κ3) is 14.0. The first-order valence-electron chi connectivity index (χ1n) is 9.97. The molecule has 0 bridgehead atoms. The van der Waals surface area contributed by atoms with Crippen LogP contribution in [0.1, 0.15) is 32.8 Å². The summed E-state index contributed by atoms with van der Waals surface area (Å²) in [5, 5.41) is 6.65. The molecule has 0 aliphatic carbocycles.